The third-order valence-electron chi connectivity index (χ3n) is 4.24. The van der Waals surface area contributed by atoms with Crippen molar-refractivity contribution < 1.29 is 14.7 Å². The lowest BCUT2D eigenvalue weighted by molar-refractivity contribution is -0.132. The fourth-order valence-electron chi connectivity index (χ4n) is 3.10. The van der Waals surface area contributed by atoms with E-state index in [-0.39, 0.29) is 35.8 Å². The molecule has 0 saturated carbocycles. The van der Waals surface area contributed by atoms with Gasteiger partial charge < -0.3 is 15.3 Å². The van der Waals surface area contributed by atoms with Crippen molar-refractivity contribution in [1.29, 1.82) is 0 Å². The summed E-state index contributed by atoms with van der Waals surface area (Å²) in [6, 6.07) is 10.6. The number of carbonyl (C=O) groups excluding carboxylic acids is 2. The van der Waals surface area contributed by atoms with E-state index in [9.17, 15) is 14.7 Å². The van der Waals surface area contributed by atoms with Crippen LogP contribution in [0.25, 0.3) is 0 Å². The predicted molar refractivity (Wildman–Crippen MR) is 89.4 cm³/mol. The highest BCUT2D eigenvalue weighted by atomic mass is 16.3. The molecule has 6 heteroatoms. The fourth-order valence-corrected chi connectivity index (χ4v) is 3.10. The van der Waals surface area contributed by atoms with Crippen LogP contribution in [-0.2, 0) is 16.0 Å². The molecule has 2 aromatic rings. The van der Waals surface area contributed by atoms with E-state index in [1.807, 2.05) is 24.3 Å². The van der Waals surface area contributed by atoms with Crippen molar-refractivity contribution in [1.82, 2.24) is 9.88 Å². The monoisotopic (exact) mass is 325 g/mol. The van der Waals surface area contributed by atoms with E-state index in [0.717, 1.165) is 17.5 Å². The largest absolute Gasteiger partial charge is 0.504 e. The van der Waals surface area contributed by atoms with Gasteiger partial charge in [0.1, 0.15) is 0 Å². The van der Waals surface area contributed by atoms with Crippen molar-refractivity contribution >= 4 is 17.6 Å². The number of hydrogen-bond donors (Lipinski definition) is 2. The molecule has 2 heterocycles. The standard InChI is InChI=1S/C18H19N3O3/c1-12(22)21-10-8-13-5-2-3-6-14(13)15(21)11-17(24)20-18-16(23)7-4-9-19-18/h2-7,9,15,23H,8,10-11H2,1H3,(H,19,20,24)/t15-/m0/s1. The van der Waals surface area contributed by atoms with Gasteiger partial charge in [-0.15, -0.1) is 0 Å². The fraction of sp³-hybridized carbons (Fsp3) is 0.278. The van der Waals surface area contributed by atoms with E-state index in [2.05, 4.69) is 10.3 Å². The second-order valence-electron chi connectivity index (χ2n) is 5.80. The molecule has 1 aliphatic heterocycles. The predicted octanol–water partition coefficient (Wildman–Crippen LogP) is 2.26. The van der Waals surface area contributed by atoms with Gasteiger partial charge in [0, 0.05) is 19.7 Å². The van der Waals surface area contributed by atoms with Gasteiger partial charge >= 0.3 is 0 Å². The first-order valence-electron chi connectivity index (χ1n) is 7.85. The second kappa shape index (κ2) is 6.70. The summed E-state index contributed by atoms with van der Waals surface area (Å²) in [5.74, 6) is -0.306. The van der Waals surface area contributed by atoms with E-state index < -0.39 is 0 Å². The summed E-state index contributed by atoms with van der Waals surface area (Å²) in [7, 11) is 0. The number of pyridine rings is 1. The molecule has 1 aromatic heterocycles. The average Bonchev–Trinajstić information content (AvgIpc) is 2.57. The van der Waals surface area contributed by atoms with Crippen LogP contribution in [0.2, 0.25) is 0 Å². The quantitative estimate of drug-likeness (QED) is 0.907. The smallest absolute Gasteiger partial charge is 0.228 e. The van der Waals surface area contributed by atoms with Crippen LogP contribution in [0.4, 0.5) is 5.82 Å². The minimum atomic E-state index is -0.307. The van der Waals surface area contributed by atoms with Gasteiger partial charge in [-0.2, -0.15) is 0 Å². The number of anilines is 1. The molecule has 0 radical (unpaired) electrons. The number of nitrogens with one attached hydrogen (secondary N) is 1. The Bertz CT molecular complexity index is 776. The number of carbonyl (C=O) groups is 2. The Hall–Kier alpha value is -2.89. The average molecular weight is 325 g/mol. The van der Waals surface area contributed by atoms with Crippen LogP contribution < -0.4 is 5.32 Å². The Labute approximate surface area is 140 Å². The maximum Gasteiger partial charge on any atom is 0.228 e. The Morgan fingerprint density at radius 1 is 1.29 bits per heavy atom. The molecule has 0 aliphatic carbocycles. The molecule has 0 unspecified atom stereocenters. The van der Waals surface area contributed by atoms with Gasteiger partial charge in [-0.3, -0.25) is 9.59 Å². The summed E-state index contributed by atoms with van der Waals surface area (Å²) in [6.45, 7) is 2.11. The van der Waals surface area contributed by atoms with Crippen LogP contribution in [0, 0.1) is 0 Å². The molecule has 3 rings (SSSR count). The number of amides is 2. The third-order valence-corrected chi connectivity index (χ3v) is 4.24. The topological polar surface area (TPSA) is 82.5 Å². The minimum absolute atomic E-state index is 0.0528. The molecule has 1 aliphatic rings. The minimum Gasteiger partial charge on any atom is -0.504 e. The zero-order chi connectivity index (χ0) is 17.1. The summed E-state index contributed by atoms with van der Waals surface area (Å²) in [6.07, 6.45) is 2.40. The highest BCUT2D eigenvalue weighted by Crippen LogP contribution is 2.32. The van der Waals surface area contributed by atoms with E-state index >= 15 is 0 Å². The molecule has 2 N–H and O–H groups in total. The molecule has 24 heavy (non-hydrogen) atoms. The highest BCUT2D eigenvalue weighted by Gasteiger charge is 2.30. The molecule has 0 fully saturated rings. The lowest BCUT2D eigenvalue weighted by atomic mass is 9.90. The lowest BCUT2D eigenvalue weighted by Gasteiger charge is -2.36. The van der Waals surface area contributed by atoms with Gasteiger partial charge in [-0.25, -0.2) is 4.98 Å². The Morgan fingerprint density at radius 3 is 2.83 bits per heavy atom. The molecular formula is C18H19N3O3. The molecule has 0 bridgehead atoms. The van der Waals surface area contributed by atoms with Crippen LogP contribution >= 0.6 is 0 Å². The van der Waals surface area contributed by atoms with E-state index in [1.165, 1.54) is 19.2 Å². The number of aromatic hydroxyl groups is 1. The van der Waals surface area contributed by atoms with Gasteiger partial charge in [-0.1, -0.05) is 24.3 Å². The number of nitrogens with zero attached hydrogens (tertiary/aromatic N) is 2. The SMILES string of the molecule is CC(=O)N1CCc2ccccc2[C@@H]1CC(=O)Nc1ncccc1O. The van der Waals surface area contributed by atoms with Crippen LogP contribution in [-0.4, -0.2) is 33.3 Å². The summed E-state index contributed by atoms with van der Waals surface area (Å²) >= 11 is 0. The summed E-state index contributed by atoms with van der Waals surface area (Å²) in [4.78, 5) is 30.0. The van der Waals surface area contributed by atoms with Crippen molar-refractivity contribution in [3.63, 3.8) is 0 Å². The van der Waals surface area contributed by atoms with Crippen LogP contribution in [0.1, 0.15) is 30.5 Å². The zero-order valence-corrected chi connectivity index (χ0v) is 13.4. The second-order valence-corrected chi connectivity index (χ2v) is 5.80. The van der Waals surface area contributed by atoms with Crippen LogP contribution in [0.3, 0.4) is 0 Å². The van der Waals surface area contributed by atoms with Gasteiger partial charge in [0.15, 0.2) is 11.6 Å². The van der Waals surface area contributed by atoms with Crippen molar-refractivity contribution in [2.24, 2.45) is 0 Å². The number of benzene rings is 1. The van der Waals surface area contributed by atoms with Crippen molar-refractivity contribution in [2.75, 3.05) is 11.9 Å². The Kier molecular flexibility index (Phi) is 4.46. The first-order chi connectivity index (χ1) is 11.6. The van der Waals surface area contributed by atoms with Crippen molar-refractivity contribution in [3.05, 3.63) is 53.7 Å². The zero-order valence-electron chi connectivity index (χ0n) is 13.4. The third kappa shape index (κ3) is 3.22. The van der Waals surface area contributed by atoms with Gasteiger partial charge in [0.05, 0.1) is 12.5 Å². The van der Waals surface area contributed by atoms with E-state index in [0.29, 0.717) is 6.54 Å². The number of aromatic nitrogens is 1. The van der Waals surface area contributed by atoms with Crippen LogP contribution in [0.5, 0.6) is 5.75 Å². The molecule has 1 atom stereocenters. The molecule has 1 aromatic carbocycles. The van der Waals surface area contributed by atoms with Crippen molar-refractivity contribution in [3.8, 4) is 5.75 Å². The van der Waals surface area contributed by atoms with Gasteiger partial charge in [0.25, 0.3) is 0 Å². The number of hydrogen-bond acceptors (Lipinski definition) is 4. The lowest BCUT2D eigenvalue weighted by Crippen LogP contribution is -2.40. The summed E-state index contributed by atoms with van der Waals surface area (Å²) < 4.78 is 0. The molecule has 0 spiro atoms. The highest BCUT2D eigenvalue weighted by molar-refractivity contribution is 5.92. The molecule has 124 valence electrons. The van der Waals surface area contributed by atoms with Crippen LogP contribution in [0.15, 0.2) is 42.6 Å². The summed E-state index contributed by atoms with van der Waals surface area (Å²) in [5.41, 5.74) is 2.16. The summed E-state index contributed by atoms with van der Waals surface area (Å²) in [5, 5.41) is 12.3. The first-order valence-corrected chi connectivity index (χ1v) is 7.85. The number of fused-ring (bicyclic) bond motifs is 1. The Balaban J connectivity index is 1.82. The van der Waals surface area contributed by atoms with Crippen molar-refractivity contribution in [2.45, 2.75) is 25.8 Å². The van der Waals surface area contributed by atoms with Gasteiger partial charge in [0.2, 0.25) is 11.8 Å². The maximum absolute atomic E-state index is 12.4. The Morgan fingerprint density at radius 2 is 2.08 bits per heavy atom. The molecule has 6 nitrogen and oxygen atoms in total. The normalized spacial score (nSPS) is 16.4. The molecular weight excluding hydrogens is 306 g/mol. The van der Waals surface area contributed by atoms with E-state index in [1.54, 1.807) is 11.0 Å². The van der Waals surface area contributed by atoms with Gasteiger partial charge in [-0.05, 0) is 29.7 Å². The van der Waals surface area contributed by atoms with E-state index in [4.69, 9.17) is 0 Å². The maximum atomic E-state index is 12.4. The number of rotatable bonds is 3. The molecule has 0 saturated heterocycles. The first kappa shape index (κ1) is 16.0. The molecule has 2 amide bonds.